The van der Waals surface area contributed by atoms with Gasteiger partial charge in [-0.05, 0) is 53.6 Å². The van der Waals surface area contributed by atoms with E-state index in [0.29, 0.717) is 34.1 Å². The van der Waals surface area contributed by atoms with Crippen molar-refractivity contribution in [3.05, 3.63) is 94.3 Å². The lowest BCUT2D eigenvalue weighted by atomic mass is 10.1. The first-order chi connectivity index (χ1) is 15.8. The quantitative estimate of drug-likeness (QED) is 0.415. The van der Waals surface area contributed by atoms with Gasteiger partial charge >= 0.3 is 6.18 Å². The smallest absolute Gasteiger partial charge is 0.326 e. The van der Waals surface area contributed by atoms with E-state index >= 15 is 0 Å². The van der Waals surface area contributed by atoms with Gasteiger partial charge in [-0.1, -0.05) is 35.9 Å². The van der Waals surface area contributed by atoms with E-state index in [4.69, 9.17) is 11.6 Å². The number of nitrogens with zero attached hydrogens (tertiary/aromatic N) is 1. The Morgan fingerprint density at radius 3 is 2.24 bits per heavy atom. The molecule has 0 radical (unpaired) electrons. The molecule has 1 N–H and O–H groups in total. The molecule has 11 heteroatoms. The summed E-state index contributed by atoms with van der Waals surface area (Å²) >= 11 is 6.15. The van der Waals surface area contributed by atoms with Gasteiger partial charge < -0.3 is 5.32 Å². The largest absolute Gasteiger partial charge is 0.419 e. The number of amides is 1. The number of sulfonamides is 1. The number of nitrogens with one attached hydrogen (secondary N) is 1. The van der Waals surface area contributed by atoms with E-state index in [-0.39, 0.29) is 18.5 Å². The van der Waals surface area contributed by atoms with Gasteiger partial charge in [-0.25, -0.2) is 12.8 Å². The predicted octanol–water partition coefficient (Wildman–Crippen LogP) is 5.65. The third kappa shape index (κ3) is 6.48. The number of anilines is 2. The van der Waals surface area contributed by atoms with Crippen molar-refractivity contribution in [2.75, 3.05) is 15.9 Å². The summed E-state index contributed by atoms with van der Waals surface area (Å²) < 4.78 is 77.5. The Balaban J connectivity index is 1.71. The molecule has 0 aromatic heterocycles. The maximum atomic E-state index is 13.7. The summed E-state index contributed by atoms with van der Waals surface area (Å²) in [4.78, 5) is 12.3. The van der Waals surface area contributed by atoms with Crippen LogP contribution in [0.15, 0.2) is 66.7 Å². The number of hydrogen-bond donors (Lipinski definition) is 1. The zero-order valence-electron chi connectivity index (χ0n) is 17.7. The molecule has 0 bridgehead atoms. The van der Waals surface area contributed by atoms with Gasteiger partial charge in [0.05, 0.1) is 30.5 Å². The molecule has 0 saturated carbocycles. The van der Waals surface area contributed by atoms with Gasteiger partial charge in [0, 0.05) is 10.7 Å². The molecule has 3 rings (SSSR count). The maximum absolute atomic E-state index is 13.7. The fraction of sp³-hybridized carbons (Fsp3) is 0.174. The molecule has 0 saturated heterocycles. The molecule has 3 aromatic rings. The van der Waals surface area contributed by atoms with Crippen LogP contribution >= 0.6 is 11.6 Å². The van der Waals surface area contributed by atoms with Gasteiger partial charge in [-0.3, -0.25) is 9.10 Å². The molecule has 0 aliphatic heterocycles. The molecule has 5 nitrogen and oxygen atoms in total. The van der Waals surface area contributed by atoms with Crippen LogP contribution in [0.3, 0.4) is 0 Å². The van der Waals surface area contributed by atoms with Crippen molar-refractivity contribution in [3.63, 3.8) is 0 Å². The Bertz CT molecular complexity index is 1300. The molecule has 0 atom stereocenters. The zero-order valence-corrected chi connectivity index (χ0v) is 19.3. The second kappa shape index (κ2) is 10.0. The first kappa shape index (κ1) is 25.5. The minimum absolute atomic E-state index is 0.00367. The van der Waals surface area contributed by atoms with E-state index in [2.05, 4.69) is 5.32 Å². The Morgan fingerprint density at radius 1 is 1.03 bits per heavy atom. The second-order valence-corrected chi connectivity index (χ2v) is 9.76. The van der Waals surface area contributed by atoms with Crippen LogP contribution in [0.2, 0.25) is 5.02 Å². The lowest BCUT2D eigenvalue weighted by Crippen LogP contribution is -2.29. The van der Waals surface area contributed by atoms with Gasteiger partial charge in [0.15, 0.2) is 0 Å². The van der Waals surface area contributed by atoms with E-state index in [9.17, 15) is 30.8 Å². The average molecular weight is 515 g/mol. The minimum atomic E-state index is -4.82. The molecular formula is C23H19ClF4N2O3S. The van der Waals surface area contributed by atoms with E-state index in [1.807, 2.05) is 0 Å². The van der Waals surface area contributed by atoms with Gasteiger partial charge in [0.25, 0.3) is 0 Å². The van der Waals surface area contributed by atoms with Crippen LogP contribution < -0.4 is 9.62 Å². The lowest BCUT2D eigenvalue weighted by molar-refractivity contribution is -0.140. The molecule has 180 valence electrons. The normalized spacial score (nSPS) is 11.8. The number of rotatable bonds is 7. The first-order valence-electron chi connectivity index (χ1n) is 9.81. The molecule has 0 aliphatic carbocycles. The predicted molar refractivity (Wildman–Crippen MR) is 123 cm³/mol. The van der Waals surface area contributed by atoms with Gasteiger partial charge in [-0.2, -0.15) is 13.2 Å². The molecule has 0 aliphatic rings. The molecular weight excluding hydrogens is 496 g/mol. The Labute approximate surface area is 199 Å². The highest BCUT2D eigenvalue weighted by Crippen LogP contribution is 2.31. The first-order valence-corrected chi connectivity index (χ1v) is 12.0. The van der Waals surface area contributed by atoms with Crippen LogP contribution in [0, 0.1) is 5.82 Å². The van der Waals surface area contributed by atoms with E-state index in [1.165, 1.54) is 24.3 Å². The van der Waals surface area contributed by atoms with Crippen molar-refractivity contribution in [2.45, 2.75) is 19.1 Å². The summed E-state index contributed by atoms with van der Waals surface area (Å²) in [6, 6.07) is 15.1. The highest BCUT2D eigenvalue weighted by atomic mass is 35.5. The van der Waals surface area contributed by atoms with Crippen LogP contribution in [0.5, 0.6) is 0 Å². The monoisotopic (exact) mass is 514 g/mol. The van der Waals surface area contributed by atoms with E-state index in [1.54, 1.807) is 24.3 Å². The van der Waals surface area contributed by atoms with Crippen LogP contribution in [0.4, 0.5) is 28.9 Å². The average Bonchev–Trinajstić information content (AvgIpc) is 2.72. The summed E-state index contributed by atoms with van der Waals surface area (Å²) in [6.45, 7) is 0.00367. The third-order valence-corrected chi connectivity index (χ3v) is 6.32. The van der Waals surface area contributed by atoms with Crippen molar-refractivity contribution in [1.29, 1.82) is 0 Å². The molecule has 0 heterocycles. The topological polar surface area (TPSA) is 66.5 Å². The van der Waals surface area contributed by atoms with Crippen molar-refractivity contribution in [2.24, 2.45) is 0 Å². The lowest BCUT2D eigenvalue weighted by Gasteiger charge is -2.23. The van der Waals surface area contributed by atoms with Gasteiger partial charge in [-0.15, -0.1) is 0 Å². The van der Waals surface area contributed by atoms with Crippen molar-refractivity contribution < 1.29 is 30.8 Å². The molecule has 0 fully saturated rings. The molecule has 3 aromatic carbocycles. The number of hydrogen-bond acceptors (Lipinski definition) is 3. The van der Waals surface area contributed by atoms with Crippen molar-refractivity contribution >= 4 is 38.9 Å². The second-order valence-electron chi connectivity index (χ2n) is 7.44. The standard InChI is InChI=1S/C23H19ClF4N2O3S/c1-34(32,33)30(14-16-4-2-3-5-20(16)24)18-9-7-17(8-10-18)29-22(31)13-15-6-11-19(21(25)12-15)23(26,27)28/h2-12H,13-14H2,1H3,(H,29,31). The number of benzene rings is 3. The molecule has 0 spiro atoms. The van der Waals surface area contributed by atoms with E-state index in [0.717, 1.165) is 16.6 Å². The number of carbonyl (C=O) groups excluding carboxylic acids is 1. The Kier molecular flexibility index (Phi) is 7.52. The zero-order chi connectivity index (χ0) is 25.1. The minimum Gasteiger partial charge on any atom is -0.326 e. The summed E-state index contributed by atoms with van der Waals surface area (Å²) in [7, 11) is -3.66. The molecule has 0 unspecified atom stereocenters. The van der Waals surface area contributed by atoms with E-state index < -0.39 is 33.5 Å². The van der Waals surface area contributed by atoms with Gasteiger partial charge in [0.1, 0.15) is 5.82 Å². The Morgan fingerprint density at radius 2 is 1.68 bits per heavy atom. The van der Waals surface area contributed by atoms with Gasteiger partial charge in [0.2, 0.25) is 15.9 Å². The van der Waals surface area contributed by atoms with Crippen LogP contribution in [-0.2, 0) is 34.0 Å². The summed E-state index contributed by atoms with van der Waals surface area (Å²) in [5.41, 5.74) is -0.0598. The number of carbonyl (C=O) groups is 1. The highest BCUT2D eigenvalue weighted by Gasteiger charge is 2.34. The highest BCUT2D eigenvalue weighted by molar-refractivity contribution is 7.92. The van der Waals surface area contributed by atoms with Crippen LogP contribution in [-0.4, -0.2) is 20.6 Å². The summed E-state index contributed by atoms with van der Waals surface area (Å²) in [6.07, 6.45) is -4.11. The molecule has 1 amide bonds. The number of halogens is 5. The van der Waals surface area contributed by atoms with Crippen molar-refractivity contribution in [3.8, 4) is 0 Å². The maximum Gasteiger partial charge on any atom is 0.419 e. The summed E-state index contributed by atoms with van der Waals surface area (Å²) in [5.74, 6) is -2.04. The Hall–Kier alpha value is -3.11. The van der Waals surface area contributed by atoms with Crippen molar-refractivity contribution in [1.82, 2.24) is 0 Å². The van der Waals surface area contributed by atoms with Crippen LogP contribution in [0.1, 0.15) is 16.7 Å². The summed E-state index contributed by atoms with van der Waals surface area (Å²) in [5, 5.41) is 2.96. The third-order valence-electron chi connectivity index (χ3n) is 4.81. The number of alkyl halides is 3. The molecule has 34 heavy (non-hydrogen) atoms. The van der Waals surface area contributed by atoms with Crippen LogP contribution in [0.25, 0.3) is 0 Å². The fourth-order valence-electron chi connectivity index (χ4n) is 3.18. The fourth-order valence-corrected chi connectivity index (χ4v) is 4.26. The SMILES string of the molecule is CS(=O)(=O)N(Cc1ccccc1Cl)c1ccc(NC(=O)Cc2ccc(C(F)(F)F)c(F)c2)cc1.